The summed E-state index contributed by atoms with van der Waals surface area (Å²) in [7, 11) is 0. The normalized spacial score (nSPS) is 10.1. The van der Waals surface area contributed by atoms with E-state index in [9.17, 15) is 9.18 Å². The third-order valence-corrected chi connectivity index (χ3v) is 3.63. The minimum Gasteiger partial charge on any atom is -0.492 e. The molecule has 0 bridgehead atoms. The molecule has 0 atom stereocenters. The zero-order valence-electron chi connectivity index (χ0n) is 11.4. The van der Waals surface area contributed by atoms with Gasteiger partial charge in [-0.15, -0.1) is 11.8 Å². The lowest BCUT2D eigenvalue weighted by Gasteiger charge is -2.07. The molecule has 0 fully saturated rings. The zero-order chi connectivity index (χ0) is 14.9. The van der Waals surface area contributed by atoms with Crippen molar-refractivity contribution in [3.63, 3.8) is 0 Å². The third-order valence-electron chi connectivity index (χ3n) is 2.62. The maximum atomic E-state index is 12.7. The highest BCUT2D eigenvalue weighted by Crippen LogP contribution is 2.17. The summed E-state index contributed by atoms with van der Waals surface area (Å²) in [6.07, 6.45) is 0. The van der Waals surface area contributed by atoms with E-state index in [0.29, 0.717) is 18.9 Å². The summed E-state index contributed by atoms with van der Waals surface area (Å²) in [5.41, 5.74) is 0. The van der Waals surface area contributed by atoms with Crippen molar-refractivity contribution in [3.8, 4) is 5.75 Å². The van der Waals surface area contributed by atoms with Crippen molar-refractivity contribution < 1.29 is 13.9 Å². The van der Waals surface area contributed by atoms with E-state index in [1.165, 1.54) is 23.9 Å². The van der Waals surface area contributed by atoms with Crippen molar-refractivity contribution in [3.05, 3.63) is 60.4 Å². The number of carbonyl (C=O) groups is 1. The Balaban J connectivity index is 1.60. The van der Waals surface area contributed by atoms with E-state index in [1.54, 1.807) is 12.1 Å². The van der Waals surface area contributed by atoms with Crippen molar-refractivity contribution in [2.45, 2.75) is 4.90 Å². The van der Waals surface area contributed by atoms with Crippen LogP contribution in [0.1, 0.15) is 0 Å². The van der Waals surface area contributed by atoms with Gasteiger partial charge in [-0.3, -0.25) is 4.79 Å². The highest BCUT2D eigenvalue weighted by Gasteiger charge is 2.02. The maximum absolute atomic E-state index is 12.7. The number of carbonyl (C=O) groups excluding carboxylic acids is 1. The van der Waals surface area contributed by atoms with E-state index in [2.05, 4.69) is 5.32 Å². The summed E-state index contributed by atoms with van der Waals surface area (Å²) in [5.74, 6) is 0.743. The average Bonchev–Trinajstić information content (AvgIpc) is 2.52. The number of hydrogen-bond donors (Lipinski definition) is 1. The molecule has 1 N–H and O–H groups in total. The lowest BCUT2D eigenvalue weighted by molar-refractivity contribution is -0.118. The molecule has 0 radical (unpaired) electrons. The van der Waals surface area contributed by atoms with Gasteiger partial charge in [-0.25, -0.2) is 4.39 Å². The van der Waals surface area contributed by atoms with Crippen LogP contribution in [0, 0.1) is 5.82 Å². The van der Waals surface area contributed by atoms with Crippen molar-refractivity contribution in [1.82, 2.24) is 5.32 Å². The molecule has 2 rings (SSSR count). The fourth-order valence-electron chi connectivity index (χ4n) is 1.61. The molecule has 0 unspecified atom stereocenters. The molecule has 0 heterocycles. The van der Waals surface area contributed by atoms with Gasteiger partial charge in [0.2, 0.25) is 5.91 Å². The standard InChI is InChI=1S/C16H16FNO2S/c17-13-6-8-15(9-7-13)21-12-16(19)18-10-11-20-14-4-2-1-3-5-14/h1-9H,10-12H2,(H,18,19). The number of hydrogen-bond acceptors (Lipinski definition) is 3. The molecule has 0 spiro atoms. The van der Waals surface area contributed by atoms with Gasteiger partial charge in [0.25, 0.3) is 0 Å². The lowest BCUT2D eigenvalue weighted by atomic mass is 10.3. The second-order valence-electron chi connectivity index (χ2n) is 4.25. The predicted octanol–water partition coefficient (Wildman–Crippen LogP) is 3.11. The van der Waals surface area contributed by atoms with Crippen LogP contribution in [0.2, 0.25) is 0 Å². The molecule has 0 saturated carbocycles. The highest BCUT2D eigenvalue weighted by molar-refractivity contribution is 8.00. The van der Waals surface area contributed by atoms with Crippen LogP contribution in [0.15, 0.2) is 59.5 Å². The second kappa shape index (κ2) is 8.32. The van der Waals surface area contributed by atoms with Crippen molar-refractivity contribution in [1.29, 1.82) is 0 Å². The van der Waals surface area contributed by atoms with Crippen LogP contribution in [0.4, 0.5) is 4.39 Å². The van der Waals surface area contributed by atoms with Gasteiger partial charge in [0.1, 0.15) is 18.2 Å². The van der Waals surface area contributed by atoms with Crippen LogP contribution in [-0.2, 0) is 4.79 Å². The van der Waals surface area contributed by atoms with E-state index in [-0.39, 0.29) is 11.7 Å². The molecular weight excluding hydrogens is 289 g/mol. The molecule has 0 aliphatic carbocycles. The first-order chi connectivity index (χ1) is 10.2. The first kappa shape index (κ1) is 15.4. The van der Waals surface area contributed by atoms with Crippen LogP contribution < -0.4 is 10.1 Å². The molecule has 0 aromatic heterocycles. The molecule has 21 heavy (non-hydrogen) atoms. The summed E-state index contributed by atoms with van der Waals surface area (Å²) in [5, 5.41) is 2.78. The number of rotatable bonds is 7. The fourth-order valence-corrected chi connectivity index (χ4v) is 2.34. The minimum atomic E-state index is -0.276. The molecule has 2 aromatic rings. The van der Waals surface area contributed by atoms with Gasteiger partial charge in [0, 0.05) is 4.90 Å². The summed E-state index contributed by atoms with van der Waals surface area (Å²) in [6.45, 7) is 0.884. The number of amides is 1. The van der Waals surface area contributed by atoms with Crippen LogP contribution in [0.25, 0.3) is 0 Å². The van der Waals surface area contributed by atoms with Crippen LogP contribution in [-0.4, -0.2) is 24.8 Å². The molecular formula is C16H16FNO2S. The Morgan fingerprint density at radius 3 is 2.52 bits per heavy atom. The maximum Gasteiger partial charge on any atom is 0.230 e. The van der Waals surface area contributed by atoms with Crippen LogP contribution >= 0.6 is 11.8 Å². The van der Waals surface area contributed by atoms with E-state index in [0.717, 1.165) is 10.6 Å². The second-order valence-corrected chi connectivity index (χ2v) is 5.30. The van der Waals surface area contributed by atoms with E-state index >= 15 is 0 Å². The Morgan fingerprint density at radius 1 is 1.10 bits per heavy atom. The molecule has 0 aliphatic rings. The van der Waals surface area contributed by atoms with Crippen molar-refractivity contribution in [2.24, 2.45) is 0 Å². The Hall–Kier alpha value is -2.01. The predicted molar refractivity (Wildman–Crippen MR) is 82.1 cm³/mol. The number of thioether (sulfide) groups is 1. The van der Waals surface area contributed by atoms with E-state index in [4.69, 9.17) is 4.74 Å². The molecule has 0 aliphatic heterocycles. The van der Waals surface area contributed by atoms with Crippen molar-refractivity contribution in [2.75, 3.05) is 18.9 Å². The quantitative estimate of drug-likeness (QED) is 0.631. The lowest BCUT2D eigenvalue weighted by Crippen LogP contribution is -2.29. The average molecular weight is 305 g/mol. The molecule has 2 aromatic carbocycles. The van der Waals surface area contributed by atoms with Gasteiger partial charge in [-0.05, 0) is 36.4 Å². The first-order valence-electron chi connectivity index (χ1n) is 6.57. The fraction of sp³-hybridized carbons (Fsp3) is 0.188. The SMILES string of the molecule is O=C(CSc1ccc(F)cc1)NCCOc1ccccc1. The smallest absolute Gasteiger partial charge is 0.230 e. The molecule has 5 heteroatoms. The van der Waals surface area contributed by atoms with Gasteiger partial charge < -0.3 is 10.1 Å². The molecule has 1 amide bonds. The summed E-state index contributed by atoms with van der Waals surface area (Å²) >= 11 is 1.37. The van der Waals surface area contributed by atoms with Crippen LogP contribution in [0.5, 0.6) is 5.75 Å². The Labute approximate surface area is 127 Å². The summed E-state index contributed by atoms with van der Waals surface area (Å²) in [6, 6.07) is 15.5. The largest absolute Gasteiger partial charge is 0.492 e. The molecule has 3 nitrogen and oxygen atoms in total. The summed E-state index contributed by atoms with van der Waals surface area (Å²) < 4.78 is 18.2. The third kappa shape index (κ3) is 5.87. The van der Waals surface area contributed by atoms with Gasteiger partial charge in [-0.1, -0.05) is 18.2 Å². The topological polar surface area (TPSA) is 38.3 Å². The summed E-state index contributed by atoms with van der Waals surface area (Å²) in [4.78, 5) is 12.5. The van der Waals surface area contributed by atoms with Gasteiger partial charge in [0.15, 0.2) is 0 Å². The van der Waals surface area contributed by atoms with Gasteiger partial charge in [0.05, 0.1) is 12.3 Å². The Bertz CT molecular complexity index is 560. The number of halogens is 1. The molecule has 0 saturated heterocycles. The first-order valence-corrected chi connectivity index (χ1v) is 7.55. The number of nitrogens with one attached hydrogen (secondary N) is 1. The molecule has 110 valence electrons. The van der Waals surface area contributed by atoms with Crippen molar-refractivity contribution >= 4 is 17.7 Å². The number of ether oxygens (including phenoxy) is 1. The minimum absolute atomic E-state index is 0.0685. The monoisotopic (exact) mass is 305 g/mol. The zero-order valence-corrected chi connectivity index (χ0v) is 12.2. The highest BCUT2D eigenvalue weighted by atomic mass is 32.2. The van der Waals surface area contributed by atoms with Crippen LogP contribution in [0.3, 0.4) is 0 Å². The van der Waals surface area contributed by atoms with E-state index in [1.807, 2.05) is 30.3 Å². The van der Waals surface area contributed by atoms with Gasteiger partial charge in [-0.2, -0.15) is 0 Å². The van der Waals surface area contributed by atoms with E-state index < -0.39 is 0 Å². The number of para-hydroxylation sites is 1. The van der Waals surface area contributed by atoms with Gasteiger partial charge >= 0.3 is 0 Å². The number of benzene rings is 2. The Kier molecular flexibility index (Phi) is 6.09. The Morgan fingerprint density at radius 2 is 1.81 bits per heavy atom.